The smallest absolute Gasteiger partial charge is 0.181 e. The van der Waals surface area contributed by atoms with Crippen LogP contribution in [0, 0.1) is 0 Å². The number of hydrogen-bond acceptors (Lipinski definition) is 9. The van der Waals surface area contributed by atoms with Crippen molar-refractivity contribution in [2.24, 2.45) is 0 Å². The first kappa shape index (κ1) is 16.8. The van der Waals surface area contributed by atoms with Crippen molar-refractivity contribution < 1.29 is 20.1 Å². The van der Waals surface area contributed by atoms with Gasteiger partial charge in [0.25, 0.3) is 0 Å². The van der Waals surface area contributed by atoms with Gasteiger partial charge in [0.15, 0.2) is 17.6 Å². The fourth-order valence-electron chi connectivity index (χ4n) is 2.95. The molecule has 2 aromatic heterocycles. The van der Waals surface area contributed by atoms with Crippen LogP contribution in [0.15, 0.2) is 36.5 Å². The molecule has 0 spiro atoms. The highest BCUT2D eigenvalue weighted by atomic mass is 16.6. The maximum atomic E-state index is 10.2. The highest BCUT2D eigenvalue weighted by Gasteiger charge is 2.44. The van der Waals surface area contributed by atoms with Crippen molar-refractivity contribution in [1.82, 2.24) is 25.2 Å². The normalized spacial score (nSPS) is 25.7. The molecule has 0 amide bonds. The molecule has 10 nitrogen and oxygen atoms in total. The lowest BCUT2D eigenvalue weighted by molar-refractivity contribution is -0.0572. The minimum Gasteiger partial charge on any atom is -0.394 e. The van der Waals surface area contributed by atoms with Crippen molar-refractivity contribution >= 4 is 16.9 Å². The molecule has 1 aliphatic heterocycles. The van der Waals surface area contributed by atoms with Gasteiger partial charge >= 0.3 is 0 Å². The van der Waals surface area contributed by atoms with Crippen molar-refractivity contribution in [3.05, 3.63) is 42.1 Å². The lowest BCUT2D eigenvalue weighted by Gasteiger charge is -2.15. The number of anilines is 1. The van der Waals surface area contributed by atoms with E-state index in [1.807, 2.05) is 30.3 Å². The number of aromatic nitrogens is 5. The quantitative estimate of drug-likeness (QED) is 0.473. The van der Waals surface area contributed by atoms with Gasteiger partial charge in [0.05, 0.1) is 12.8 Å². The van der Waals surface area contributed by atoms with Crippen LogP contribution in [0.3, 0.4) is 0 Å². The van der Waals surface area contributed by atoms with Gasteiger partial charge in [0.2, 0.25) is 0 Å². The van der Waals surface area contributed by atoms with Crippen LogP contribution in [0.1, 0.15) is 11.8 Å². The van der Waals surface area contributed by atoms with Crippen LogP contribution < -0.4 is 5.32 Å². The first-order chi connectivity index (χ1) is 12.7. The fraction of sp³-hybridized carbons (Fsp3) is 0.375. The Morgan fingerprint density at radius 3 is 2.65 bits per heavy atom. The van der Waals surface area contributed by atoms with E-state index >= 15 is 0 Å². The Balaban J connectivity index is 1.61. The van der Waals surface area contributed by atoms with E-state index in [-0.39, 0.29) is 0 Å². The van der Waals surface area contributed by atoms with E-state index in [0.717, 1.165) is 5.56 Å². The third-order valence-corrected chi connectivity index (χ3v) is 4.35. The van der Waals surface area contributed by atoms with Crippen molar-refractivity contribution in [3.63, 3.8) is 0 Å². The molecule has 3 aromatic rings. The van der Waals surface area contributed by atoms with Gasteiger partial charge in [-0.3, -0.25) is 0 Å². The Labute approximate surface area is 148 Å². The number of ether oxygens (including phenoxy) is 1. The molecule has 4 rings (SSSR count). The van der Waals surface area contributed by atoms with Gasteiger partial charge in [-0.2, -0.15) is 5.10 Å². The van der Waals surface area contributed by atoms with Gasteiger partial charge < -0.3 is 25.4 Å². The van der Waals surface area contributed by atoms with E-state index in [9.17, 15) is 15.3 Å². The molecule has 1 saturated heterocycles. The standard InChI is InChI=1S/C16H18N6O4/c23-8-11-13(24)14(25)16(26-11)22-10-7-18-20-15(12(10)19-21-22)17-6-9-4-2-1-3-5-9/h1-5,7,11,13-14,16,23-25H,6,8H2,(H,17,20)/t11-,13-,14-,16?/m1/s1. The molecule has 4 atom stereocenters. The summed E-state index contributed by atoms with van der Waals surface area (Å²) in [5, 5.41) is 48.6. The van der Waals surface area contributed by atoms with E-state index in [1.54, 1.807) is 0 Å². The summed E-state index contributed by atoms with van der Waals surface area (Å²) in [6.45, 7) is 0.125. The molecular weight excluding hydrogens is 340 g/mol. The second kappa shape index (κ2) is 6.92. The molecule has 0 bridgehead atoms. The molecule has 1 aromatic carbocycles. The fourth-order valence-corrected chi connectivity index (χ4v) is 2.95. The maximum absolute atomic E-state index is 10.2. The van der Waals surface area contributed by atoms with Gasteiger partial charge in [-0.1, -0.05) is 35.5 Å². The lowest BCUT2D eigenvalue weighted by atomic mass is 10.1. The minimum atomic E-state index is -1.24. The molecule has 3 heterocycles. The summed E-state index contributed by atoms with van der Waals surface area (Å²) in [5.74, 6) is 0.448. The molecule has 1 aliphatic rings. The lowest BCUT2D eigenvalue weighted by Crippen LogP contribution is -2.33. The Morgan fingerprint density at radius 1 is 1.12 bits per heavy atom. The summed E-state index contributed by atoms with van der Waals surface area (Å²) in [4.78, 5) is 0. The predicted molar refractivity (Wildman–Crippen MR) is 89.9 cm³/mol. The number of nitrogens with zero attached hydrogens (tertiary/aromatic N) is 5. The van der Waals surface area contributed by atoms with Crippen LogP contribution in [-0.4, -0.2) is 65.4 Å². The second-order valence-corrected chi connectivity index (χ2v) is 6.03. The minimum absolute atomic E-state index is 0.412. The summed E-state index contributed by atoms with van der Waals surface area (Å²) in [6.07, 6.45) is -2.86. The molecular formula is C16H18N6O4. The monoisotopic (exact) mass is 358 g/mol. The molecule has 4 N–H and O–H groups in total. The first-order valence-corrected chi connectivity index (χ1v) is 8.16. The SMILES string of the molecule is OC[C@H]1OC(n2nnc3c(NCc4ccccc4)nncc32)[C@H](O)[C@@H]1O. The van der Waals surface area contributed by atoms with Gasteiger partial charge in [-0.25, -0.2) is 4.68 Å². The van der Waals surface area contributed by atoms with Crippen molar-refractivity contribution in [2.75, 3.05) is 11.9 Å². The number of benzene rings is 1. The van der Waals surface area contributed by atoms with Crippen LogP contribution in [0.4, 0.5) is 5.82 Å². The number of hydrogen-bond donors (Lipinski definition) is 4. The van der Waals surface area contributed by atoms with E-state index in [1.165, 1.54) is 10.9 Å². The number of rotatable bonds is 5. The average molecular weight is 358 g/mol. The summed E-state index contributed by atoms with van der Waals surface area (Å²) in [6, 6.07) is 9.80. The third-order valence-electron chi connectivity index (χ3n) is 4.35. The number of aliphatic hydroxyl groups excluding tert-OH is 3. The molecule has 0 aliphatic carbocycles. The number of aliphatic hydroxyl groups is 3. The van der Waals surface area contributed by atoms with Crippen molar-refractivity contribution in [3.8, 4) is 0 Å². The summed E-state index contributed by atoms with van der Waals surface area (Å²) < 4.78 is 6.83. The van der Waals surface area contributed by atoms with Gasteiger partial charge in [0.1, 0.15) is 23.8 Å². The molecule has 26 heavy (non-hydrogen) atoms. The van der Waals surface area contributed by atoms with E-state index in [4.69, 9.17) is 4.74 Å². The Bertz CT molecular complexity index is 889. The molecule has 1 fully saturated rings. The maximum Gasteiger partial charge on any atom is 0.181 e. The summed E-state index contributed by atoms with van der Waals surface area (Å²) in [5.41, 5.74) is 2.03. The van der Waals surface area contributed by atoms with E-state index in [0.29, 0.717) is 23.4 Å². The van der Waals surface area contributed by atoms with Crippen molar-refractivity contribution in [1.29, 1.82) is 0 Å². The van der Waals surface area contributed by atoms with E-state index in [2.05, 4.69) is 25.8 Å². The van der Waals surface area contributed by atoms with E-state index < -0.39 is 31.1 Å². The molecule has 0 saturated carbocycles. The van der Waals surface area contributed by atoms with Crippen LogP contribution in [0.2, 0.25) is 0 Å². The van der Waals surface area contributed by atoms with Crippen LogP contribution >= 0.6 is 0 Å². The third kappa shape index (κ3) is 2.88. The zero-order valence-electron chi connectivity index (χ0n) is 13.7. The summed E-state index contributed by atoms with van der Waals surface area (Å²) >= 11 is 0. The van der Waals surface area contributed by atoms with Gasteiger partial charge in [0, 0.05) is 6.54 Å². The zero-order valence-corrected chi connectivity index (χ0v) is 13.7. The van der Waals surface area contributed by atoms with Crippen LogP contribution in [0.5, 0.6) is 0 Å². The largest absolute Gasteiger partial charge is 0.394 e. The molecule has 1 unspecified atom stereocenters. The Kier molecular flexibility index (Phi) is 4.47. The topological polar surface area (TPSA) is 138 Å². The highest BCUT2D eigenvalue weighted by molar-refractivity contribution is 5.84. The first-order valence-electron chi connectivity index (χ1n) is 8.16. The number of fused-ring (bicyclic) bond motifs is 1. The molecule has 136 valence electrons. The predicted octanol–water partition coefficient (Wildman–Crippen LogP) is -0.555. The molecule has 10 heteroatoms. The van der Waals surface area contributed by atoms with Gasteiger partial charge in [-0.05, 0) is 5.56 Å². The van der Waals surface area contributed by atoms with Crippen molar-refractivity contribution in [2.45, 2.75) is 31.1 Å². The zero-order chi connectivity index (χ0) is 18.1. The highest BCUT2D eigenvalue weighted by Crippen LogP contribution is 2.31. The Hall–Kier alpha value is -2.66. The Morgan fingerprint density at radius 2 is 1.92 bits per heavy atom. The van der Waals surface area contributed by atoms with Crippen LogP contribution in [0.25, 0.3) is 11.0 Å². The number of nitrogens with one attached hydrogen (secondary N) is 1. The van der Waals surface area contributed by atoms with Crippen LogP contribution in [-0.2, 0) is 11.3 Å². The average Bonchev–Trinajstić information content (AvgIpc) is 3.23. The second-order valence-electron chi connectivity index (χ2n) is 6.03. The summed E-state index contributed by atoms with van der Waals surface area (Å²) in [7, 11) is 0. The molecule has 0 radical (unpaired) electrons. The van der Waals surface area contributed by atoms with Gasteiger partial charge in [-0.15, -0.1) is 10.2 Å².